The van der Waals surface area contributed by atoms with Gasteiger partial charge in [0.25, 0.3) is 0 Å². The zero-order valence-corrected chi connectivity index (χ0v) is 9.33. The molecular weight excluding hydrogens is 216 g/mol. The Morgan fingerprint density at radius 2 is 2.60 bits per heavy atom. The summed E-state index contributed by atoms with van der Waals surface area (Å²) < 4.78 is 0. The van der Waals surface area contributed by atoms with Crippen molar-refractivity contribution in [3.63, 3.8) is 0 Å². The van der Waals surface area contributed by atoms with Crippen LogP contribution in [0.2, 0.25) is 0 Å². The third-order valence-corrected chi connectivity index (χ3v) is 3.79. The summed E-state index contributed by atoms with van der Waals surface area (Å²) in [6.07, 6.45) is 0.614. The minimum Gasteiger partial charge on any atom is -0.480 e. The topological polar surface area (TPSA) is 98.1 Å². The van der Waals surface area contributed by atoms with E-state index in [4.69, 9.17) is 10.6 Å². The quantitative estimate of drug-likeness (QED) is 0.321. The Balaban J connectivity index is 2.51. The van der Waals surface area contributed by atoms with E-state index in [1.807, 2.05) is 6.92 Å². The Morgan fingerprint density at radius 1 is 1.87 bits per heavy atom. The van der Waals surface area contributed by atoms with E-state index in [2.05, 4.69) is 15.3 Å². The maximum atomic E-state index is 11.2. The van der Waals surface area contributed by atoms with Crippen molar-refractivity contribution in [1.29, 1.82) is 0 Å². The van der Waals surface area contributed by atoms with Crippen LogP contribution in [-0.4, -0.2) is 40.7 Å². The highest BCUT2D eigenvalue weighted by molar-refractivity contribution is 8.00. The average Bonchev–Trinajstić information content (AvgIpc) is 2.56. The van der Waals surface area contributed by atoms with Crippen molar-refractivity contribution in [3.05, 3.63) is 10.4 Å². The molecule has 0 aromatic carbocycles. The second-order valence-electron chi connectivity index (χ2n) is 3.59. The number of thioether (sulfide) groups is 1. The molecule has 7 heteroatoms. The summed E-state index contributed by atoms with van der Waals surface area (Å²) in [4.78, 5) is 13.8. The van der Waals surface area contributed by atoms with Crippen molar-refractivity contribution >= 4 is 17.7 Å². The molecule has 0 aromatic heterocycles. The van der Waals surface area contributed by atoms with E-state index in [1.165, 1.54) is 0 Å². The van der Waals surface area contributed by atoms with Crippen LogP contribution < -0.4 is 5.32 Å². The molecule has 1 aliphatic rings. The molecule has 0 bridgehead atoms. The van der Waals surface area contributed by atoms with Gasteiger partial charge in [-0.25, -0.2) is 0 Å². The van der Waals surface area contributed by atoms with Gasteiger partial charge in [0.1, 0.15) is 5.54 Å². The molecule has 1 rings (SSSR count). The van der Waals surface area contributed by atoms with Crippen molar-refractivity contribution in [2.75, 3.05) is 18.8 Å². The molecule has 0 amide bonds. The summed E-state index contributed by atoms with van der Waals surface area (Å²) >= 11 is 1.65. The molecule has 6 nitrogen and oxygen atoms in total. The molecule has 0 saturated carbocycles. The number of nitrogens with zero attached hydrogens (tertiary/aromatic N) is 3. The van der Waals surface area contributed by atoms with E-state index < -0.39 is 11.5 Å². The number of aliphatic carboxylic acids is 1. The molecule has 15 heavy (non-hydrogen) atoms. The molecular formula is C8H14N4O2S. The first kappa shape index (κ1) is 12.2. The predicted molar refractivity (Wildman–Crippen MR) is 58.9 cm³/mol. The van der Waals surface area contributed by atoms with Gasteiger partial charge in [0.15, 0.2) is 0 Å². The van der Waals surface area contributed by atoms with Gasteiger partial charge in [-0.05, 0) is 12.0 Å². The molecule has 1 aliphatic heterocycles. The van der Waals surface area contributed by atoms with Crippen LogP contribution in [0.5, 0.6) is 0 Å². The first-order chi connectivity index (χ1) is 7.10. The van der Waals surface area contributed by atoms with Crippen LogP contribution in [0, 0.1) is 0 Å². The van der Waals surface area contributed by atoms with Gasteiger partial charge in [-0.3, -0.25) is 4.79 Å². The Labute approximate surface area is 92.1 Å². The van der Waals surface area contributed by atoms with Gasteiger partial charge in [-0.1, -0.05) is 12.0 Å². The van der Waals surface area contributed by atoms with E-state index in [0.717, 1.165) is 0 Å². The number of nitrogens with one attached hydrogen (secondary N) is 1. The lowest BCUT2D eigenvalue weighted by Crippen LogP contribution is -2.53. The number of carboxylic acid groups (broad SMARTS) is 1. The van der Waals surface area contributed by atoms with E-state index in [0.29, 0.717) is 24.0 Å². The second kappa shape index (κ2) is 5.25. The van der Waals surface area contributed by atoms with Crippen molar-refractivity contribution in [2.45, 2.75) is 24.1 Å². The average molecular weight is 230 g/mol. The second-order valence-corrected chi connectivity index (χ2v) is 5.02. The summed E-state index contributed by atoms with van der Waals surface area (Å²) in [5, 5.41) is 15.8. The highest BCUT2D eigenvalue weighted by atomic mass is 32.2. The van der Waals surface area contributed by atoms with Gasteiger partial charge in [0.2, 0.25) is 0 Å². The highest BCUT2D eigenvalue weighted by Gasteiger charge is 2.44. The molecule has 0 spiro atoms. The largest absolute Gasteiger partial charge is 0.480 e. The van der Waals surface area contributed by atoms with Crippen molar-refractivity contribution in [3.8, 4) is 0 Å². The lowest BCUT2D eigenvalue weighted by Gasteiger charge is -2.24. The predicted octanol–water partition coefficient (Wildman–Crippen LogP) is 1.24. The van der Waals surface area contributed by atoms with Gasteiger partial charge in [-0.15, -0.1) is 0 Å². The van der Waals surface area contributed by atoms with E-state index in [-0.39, 0.29) is 6.54 Å². The number of carbonyl (C=O) groups is 1. The Hall–Kier alpha value is -0.910. The summed E-state index contributed by atoms with van der Waals surface area (Å²) in [5.41, 5.74) is 7.25. The fraction of sp³-hybridized carbons (Fsp3) is 0.875. The number of hydrogen-bond donors (Lipinski definition) is 2. The van der Waals surface area contributed by atoms with Crippen molar-refractivity contribution < 1.29 is 9.90 Å². The third kappa shape index (κ3) is 3.02. The normalized spacial score (nSPS) is 29.8. The number of rotatable bonds is 5. The van der Waals surface area contributed by atoms with E-state index in [9.17, 15) is 4.79 Å². The number of azide groups is 1. The van der Waals surface area contributed by atoms with Crippen LogP contribution in [0.1, 0.15) is 13.3 Å². The smallest absolute Gasteiger partial charge is 0.324 e. The Kier molecular flexibility index (Phi) is 4.26. The van der Waals surface area contributed by atoms with Crippen LogP contribution in [0.15, 0.2) is 5.11 Å². The van der Waals surface area contributed by atoms with Gasteiger partial charge in [0, 0.05) is 29.0 Å². The Morgan fingerprint density at radius 3 is 3.07 bits per heavy atom. The first-order valence-electron chi connectivity index (χ1n) is 4.71. The standard InChI is InChI=1S/C8H14N4O2S/c1-6-4-8(5-15-6,7(13)14)10-2-3-11-12-9/h6,10H,2-5H2,1H3,(H,13,14). The maximum absolute atomic E-state index is 11.2. The van der Waals surface area contributed by atoms with Crippen LogP contribution in [0.4, 0.5) is 0 Å². The molecule has 84 valence electrons. The van der Waals surface area contributed by atoms with E-state index >= 15 is 0 Å². The summed E-state index contributed by atoms with van der Waals surface area (Å²) in [6, 6.07) is 0. The fourth-order valence-corrected chi connectivity index (χ4v) is 2.95. The maximum Gasteiger partial charge on any atom is 0.324 e. The summed E-state index contributed by atoms with van der Waals surface area (Å²) in [5.74, 6) is -0.250. The zero-order valence-electron chi connectivity index (χ0n) is 8.51. The van der Waals surface area contributed by atoms with Gasteiger partial charge in [0.05, 0.1) is 0 Å². The van der Waals surface area contributed by atoms with Crippen LogP contribution in [0.3, 0.4) is 0 Å². The monoisotopic (exact) mass is 230 g/mol. The van der Waals surface area contributed by atoms with Crippen molar-refractivity contribution in [1.82, 2.24) is 5.32 Å². The lowest BCUT2D eigenvalue weighted by molar-refractivity contribution is -0.143. The molecule has 2 atom stereocenters. The SMILES string of the molecule is CC1CC(NCCN=[N+]=[N-])(C(=O)O)CS1. The molecule has 2 N–H and O–H groups in total. The molecule has 0 aliphatic carbocycles. The molecule has 1 fully saturated rings. The summed E-state index contributed by atoms with van der Waals surface area (Å²) in [6.45, 7) is 2.71. The minimum atomic E-state index is -0.838. The van der Waals surface area contributed by atoms with Gasteiger partial charge >= 0.3 is 5.97 Å². The summed E-state index contributed by atoms with van der Waals surface area (Å²) in [7, 11) is 0. The van der Waals surface area contributed by atoms with Crippen LogP contribution in [0.25, 0.3) is 10.4 Å². The van der Waals surface area contributed by atoms with E-state index in [1.54, 1.807) is 11.8 Å². The number of carboxylic acids is 1. The zero-order chi connectivity index (χ0) is 11.3. The minimum absolute atomic E-state index is 0.282. The lowest BCUT2D eigenvalue weighted by atomic mass is 9.96. The van der Waals surface area contributed by atoms with Crippen molar-refractivity contribution in [2.24, 2.45) is 5.11 Å². The first-order valence-corrected chi connectivity index (χ1v) is 5.76. The van der Waals surface area contributed by atoms with Gasteiger partial charge < -0.3 is 10.4 Å². The van der Waals surface area contributed by atoms with Crippen LogP contribution >= 0.6 is 11.8 Å². The Bertz CT molecular complexity index is 292. The molecule has 0 radical (unpaired) electrons. The molecule has 0 aromatic rings. The molecule has 1 heterocycles. The number of hydrogen-bond acceptors (Lipinski definition) is 4. The molecule has 2 unspecified atom stereocenters. The van der Waals surface area contributed by atoms with Gasteiger partial charge in [-0.2, -0.15) is 11.8 Å². The van der Waals surface area contributed by atoms with Crippen LogP contribution in [-0.2, 0) is 4.79 Å². The third-order valence-electron chi connectivity index (χ3n) is 2.40. The highest BCUT2D eigenvalue weighted by Crippen LogP contribution is 2.34. The fourth-order valence-electron chi connectivity index (χ4n) is 1.63. The molecule has 1 saturated heterocycles.